The molecule has 0 spiro atoms. The Morgan fingerprint density at radius 1 is 0.933 bits per heavy atom. The maximum absolute atomic E-state index is 2.68. The molecular weight excluding hydrogens is 212 g/mol. The summed E-state index contributed by atoms with van der Waals surface area (Å²) in [5, 5.41) is 1.83. The predicted octanol–water partition coefficient (Wildman–Crippen LogP) is 5.25. The van der Waals surface area contributed by atoms with Crippen molar-refractivity contribution in [2.24, 2.45) is 0 Å². The molecule has 0 saturated heterocycles. The smallest absolute Gasteiger partial charge is 0.0715 e. The van der Waals surface area contributed by atoms with Crippen LogP contribution in [0.1, 0.15) is 32.6 Å². The lowest BCUT2D eigenvalue weighted by Gasteiger charge is -2.25. The highest BCUT2D eigenvalue weighted by molar-refractivity contribution is 6.87. The SMILES string of the molecule is CCCCC/C(=C\[Si](C)(C)C)[Si](C)(C)C. The molecule has 15 heavy (non-hydrogen) atoms. The molecule has 0 nitrogen and oxygen atoms in total. The number of hydrogen-bond donors (Lipinski definition) is 0. The van der Waals surface area contributed by atoms with Gasteiger partial charge in [0.1, 0.15) is 0 Å². The van der Waals surface area contributed by atoms with Gasteiger partial charge in [-0.25, -0.2) is 0 Å². The molecule has 0 rings (SSSR count). The molecule has 0 unspecified atom stereocenters. The van der Waals surface area contributed by atoms with Gasteiger partial charge in [-0.1, -0.05) is 69.9 Å². The zero-order chi connectivity index (χ0) is 12.1. The molecule has 0 aromatic carbocycles. The van der Waals surface area contributed by atoms with Gasteiger partial charge in [-0.2, -0.15) is 0 Å². The molecule has 0 bridgehead atoms. The van der Waals surface area contributed by atoms with E-state index in [0.717, 1.165) is 0 Å². The Hall–Kier alpha value is 0.174. The van der Waals surface area contributed by atoms with Gasteiger partial charge in [-0.05, 0) is 12.8 Å². The highest BCUT2D eigenvalue weighted by Gasteiger charge is 2.21. The molecule has 0 aromatic heterocycles. The second kappa shape index (κ2) is 6.04. The van der Waals surface area contributed by atoms with Crippen molar-refractivity contribution in [3.63, 3.8) is 0 Å². The van der Waals surface area contributed by atoms with Crippen molar-refractivity contribution >= 4 is 16.1 Å². The molecule has 2 heteroatoms. The minimum atomic E-state index is -1.05. The number of allylic oxidation sites excluding steroid dienone is 1. The van der Waals surface area contributed by atoms with Gasteiger partial charge in [0.15, 0.2) is 0 Å². The molecule has 0 saturated carbocycles. The summed E-state index contributed by atoms with van der Waals surface area (Å²) < 4.78 is 0. The Labute approximate surface area is 99.2 Å². The average Bonchev–Trinajstić information content (AvgIpc) is 1.99. The zero-order valence-corrected chi connectivity index (χ0v) is 13.9. The van der Waals surface area contributed by atoms with Crippen LogP contribution in [0.25, 0.3) is 0 Å². The van der Waals surface area contributed by atoms with Crippen molar-refractivity contribution in [2.75, 3.05) is 0 Å². The topological polar surface area (TPSA) is 0 Å². The number of rotatable bonds is 6. The second-order valence-corrected chi connectivity index (χ2v) is 16.9. The summed E-state index contributed by atoms with van der Waals surface area (Å²) in [4.78, 5) is 0. The summed E-state index contributed by atoms with van der Waals surface area (Å²) in [7, 11) is -2.07. The average molecular weight is 243 g/mol. The van der Waals surface area contributed by atoms with Gasteiger partial charge in [-0.3, -0.25) is 0 Å². The van der Waals surface area contributed by atoms with Gasteiger partial charge < -0.3 is 0 Å². The maximum Gasteiger partial charge on any atom is 0.0715 e. The molecule has 0 N–H and O–H groups in total. The first-order valence-electron chi connectivity index (χ1n) is 6.39. The summed E-state index contributed by atoms with van der Waals surface area (Å²) in [5.41, 5.74) is 2.68. The fraction of sp³-hybridized carbons (Fsp3) is 0.846. The molecule has 0 aromatic rings. The van der Waals surface area contributed by atoms with Gasteiger partial charge in [0.25, 0.3) is 0 Å². The van der Waals surface area contributed by atoms with Crippen LogP contribution in [0.5, 0.6) is 0 Å². The third-order valence-corrected chi connectivity index (χ3v) is 6.44. The van der Waals surface area contributed by atoms with Crippen LogP contribution in [-0.2, 0) is 0 Å². The molecular formula is C13H30Si2. The van der Waals surface area contributed by atoms with Gasteiger partial charge in [0, 0.05) is 0 Å². The molecule has 0 atom stereocenters. The van der Waals surface area contributed by atoms with Crippen molar-refractivity contribution in [3.05, 3.63) is 10.9 Å². The summed E-state index contributed by atoms with van der Waals surface area (Å²) in [6, 6.07) is 0. The van der Waals surface area contributed by atoms with E-state index in [-0.39, 0.29) is 0 Å². The van der Waals surface area contributed by atoms with Crippen molar-refractivity contribution in [2.45, 2.75) is 71.9 Å². The van der Waals surface area contributed by atoms with E-state index in [1.54, 1.807) is 0 Å². The Morgan fingerprint density at radius 2 is 1.47 bits per heavy atom. The van der Waals surface area contributed by atoms with Crippen LogP contribution in [0.4, 0.5) is 0 Å². The first-order valence-corrected chi connectivity index (χ1v) is 13.5. The van der Waals surface area contributed by atoms with Crippen LogP contribution in [-0.4, -0.2) is 16.1 Å². The van der Waals surface area contributed by atoms with Crippen molar-refractivity contribution in [3.8, 4) is 0 Å². The third kappa shape index (κ3) is 8.03. The van der Waals surface area contributed by atoms with Gasteiger partial charge in [0.05, 0.1) is 16.1 Å². The summed E-state index contributed by atoms with van der Waals surface area (Å²) in [5.74, 6) is 0. The Kier molecular flexibility index (Phi) is 6.11. The zero-order valence-electron chi connectivity index (χ0n) is 11.9. The predicted molar refractivity (Wildman–Crippen MR) is 78.9 cm³/mol. The van der Waals surface area contributed by atoms with E-state index in [1.165, 1.54) is 25.7 Å². The highest BCUT2D eigenvalue weighted by Crippen LogP contribution is 2.23. The molecule has 0 heterocycles. The lowest BCUT2D eigenvalue weighted by molar-refractivity contribution is 0.722. The van der Waals surface area contributed by atoms with E-state index in [4.69, 9.17) is 0 Å². The normalized spacial score (nSPS) is 14.5. The fourth-order valence-corrected chi connectivity index (χ4v) is 6.90. The van der Waals surface area contributed by atoms with E-state index in [1.807, 2.05) is 5.20 Å². The van der Waals surface area contributed by atoms with Crippen LogP contribution >= 0.6 is 0 Å². The molecule has 0 fully saturated rings. The van der Waals surface area contributed by atoms with E-state index in [2.05, 4.69) is 51.9 Å². The van der Waals surface area contributed by atoms with E-state index >= 15 is 0 Å². The number of unbranched alkanes of at least 4 members (excludes halogenated alkanes) is 2. The molecule has 90 valence electrons. The third-order valence-electron chi connectivity index (χ3n) is 2.62. The van der Waals surface area contributed by atoms with Crippen LogP contribution in [0, 0.1) is 0 Å². The van der Waals surface area contributed by atoms with Crippen molar-refractivity contribution in [1.82, 2.24) is 0 Å². The standard InChI is InChI=1S/C13H30Si2/c1-8-9-10-11-13(15(5,6)7)12-14(2,3)4/h12H,8-11H2,1-7H3/b13-12+. The molecule has 0 radical (unpaired) electrons. The van der Waals surface area contributed by atoms with Crippen LogP contribution in [0.3, 0.4) is 0 Å². The van der Waals surface area contributed by atoms with Crippen molar-refractivity contribution < 1.29 is 0 Å². The largest absolute Gasteiger partial charge is 0.0995 e. The van der Waals surface area contributed by atoms with E-state index < -0.39 is 16.1 Å². The van der Waals surface area contributed by atoms with E-state index in [0.29, 0.717) is 0 Å². The summed E-state index contributed by atoms with van der Waals surface area (Å²) in [6.45, 7) is 17.1. The van der Waals surface area contributed by atoms with Crippen molar-refractivity contribution in [1.29, 1.82) is 0 Å². The highest BCUT2D eigenvalue weighted by atomic mass is 28.3. The first-order chi connectivity index (χ1) is 6.67. The molecule has 0 aliphatic rings. The van der Waals surface area contributed by atoms with Gasteiger partial charge >= 0.3 is 0 Å². The number of hydrogen-bond acceptors (Lipinski definition) is 0. The Balaban J connectivity index is 4.54. The fourth-order valence-electron chi connectivity index (χ4n) is 1.75. The monoisotopic (exact) mass is 242 g/mol. The van der Waals surface area contributed by atoms with E-state index in [9.17, 15) is 0 Å². The Bertz CT molecular complexity index is 204. The lowest BCUT2D eigenvalue weighted by atomic mass is 10.2. The minimum Gasteiger partial charge on any atom is -0.0995 e. The summed E-state index contributed by atoms with van der Waals surface area (Å²) >= 11 is 0. The maximum atomic E-state index is 2.68. The van der Waals surface area contributed by atoms with Crippen LogP contribution in [0.2, 0.25) is 39.3 Å². The Morgan fingerprint density at radius 3 is 1.80 bits per heavy atom. The summed E-state index contributed by atoms with van der Waals surface area (Å²) in [6.07, 6.45) is 5.50. The molecule has 0 amide bonds. The lowest BCUT2D eigenvalue weighted by Crippen LogP contribution is -2.28. The second-order valence-electron chi connectivity index (χ2n) is 6.74. The minimum absolute atomic E-state index is 1.02. The van der Waals surface area contributed by atoms with Gasteiger partial charge in [-0.15, -0.1) is 0 Å². The molecule has 0 aliphatic heterocycles. The molecule has 0 aliphatic carbocycles. The van der Waals surface area contributed by atoms with Crippen LogP contribution < -0.4 is 0 Å². The quantitative estimate of drug-likeness (QED) is 0.441. The first kappa shape index (κ1) is 15.2. The van der Waals surface area contributed by atoms with Gasteiger partial charge in [0.2, 0.25) is 0 Å². The van der Waals surface area contributed by atoms with Crippen LogP contribution in [0.15, 0.2) is 10.9 Å².